The predicted octanol–water partition coefficient (Wildman–Crippen LogP) is 2.26. The van der Waals surface area contributed by atoms with E-state index in [9.17, 15) is 18.8 Å². The number of hydrogen-bond donors (Lipinski definition) is 6. The van der Waals surface area contributed by atoms with Crippen LogP contribution in [0.15, 0.2) is 84.7 Å². The normalized spacial score (nSPS) is 13.2. The van der Waals surface area contributed by atoms with Crippen molar-refractivity contribution in [2.24, 2.45) is 0 Å². The van der Waals surface area contributed by atoms with E-state index in [0.29, 0.717) is 23.2 Å². The van der Waals surface area contributed by atoms with Crippen LogP contribution in [-0.4, -0.2) is 47.6 Å². The number of carbonyl (C=O) groups excluding carboxylic acids is 3. The molecular formula is C28H29FN6O4. The molecule has 1 atom stereocenters. The summed E-state index contributed by atoms with van der Waals surface area (Å²) < 4.78 is 13.1. The van der Waals surface area contributed by atoms with Gasteiger partial charge in [0, 0.05) is 24.4 Å². The zero-order chi connectivity index (χ0) is 27.8. The van der Waals surface area contributed by atoms with Gasteiger partial charge in [-0.25, -0.2) is 9.87 Å². The van der Waals surface area contributed by atoms with Crippen molar-refractivity contribution in [1.82, 2.24) is 32.1 Å². The Morgan fingerprint density at radius 3 is 2.38 bits per heavy atom. The van der Waals surface area contributed by atoms with Crippen LogP contribution in [0.4, 0.5) is 4.39 Å². The van der Waals surface area contributed by atoms with E-state index < -0.39 is 11.7 Å². The number of hydrazine groups is 2. The maximum Gasteiger partial charge on any atom is 0.251 e. The lowest BCUT2D eigenvalue weighted by atomic mass is 9.98. The van der Waals surface area contributed by atoms with Gasteiger partial charge in [-0.1, -0.05) is 36.4 Å². The smallest absolute Gasteiger partial charge is 0.251 e. The maximum atomic E-state index is 13.1. The van der Waals surface area contributed by atoms with Crippen molar-refractivity contribution in [3.8, 4) is 11.1 Å². The van der Waals surface area contributed by atoms with Crippen LogP contribution in [0.3, 0.4) is 0 Å². The Morgan fingerprint density at radius 1 is 0.949 bits per heavy atom. The molecule has 0 spiro atoms. The molecule has 0 aliphatic carbocycles. The first-order valence-corrected chi connectivity index (χ1v) is 12.2. The highest BCUT2D eigenvalue weighted by molar-refractivity contribution is 5.95. The number of nitrogens with zero attached hydrogens (tertiary/aromatic N) is 1. The van der Waals surface area contributed by atoms with Gasteiger partial charge >= 0.3 is 0 Å². The van der Waals surface area contributed by atoms with E-state index in [4.69, 9.17) is 5.21 Å². The molecule has 0 bridgehead atoms. The van der Waals surface area contributed by atoms with Crippen molar-refractivity contribution in [2.45, 2.75) is 18.9 Å². The van der Waals surface area contributed by atoms with Crippen molar-refractivity contribution in [3.63, 3.8) is 0 Å². The summed E-state index contributed by atoms with van der Waals surface area (Å²) in [5, 5.41) is 16.2. The van der Waals surface area contributed by atoms with Gasteiger partial charge in [-0.15, -0.1) is 5.53 Å². The average molecular weight is 533 g/mol. The van der Waals surface area contributed by atoms with E-state index in [1.54, 1.807) is 29.8 Å². The van der Waals surface area contributed by atoms with Crippen LogP contribution in [0.25, 0.3) is 11.1 Å². The molecule has 1 heterocycles. The van der Waals surface area contributed by atoms with E-state index in [1.807, 2.05) is 42.5 Å². The van der Waals surface area contributed by atoms with Gasteiger partial charge in [0.25, 0.3) is 11.8 Å². The highest BCUT2D eigenvalue weighted by atomic mass is 19.1. The van der Waals surface area contributed by atoms with Crippen molar-refractivity contribution in [3.05, 3.63) is 107 Å². The van der Waals surface area contributed by atoms with E-state index in [2.05, 4.69) is 21.6 Å². The minimum Gasteiger partial charge on any atom is -0.355 e. The molecule has 4 rings (SSSR count). The number of hydroxylamine groups is 1. The van der Waals surface area contributed by atoms with Crippen LogP contribution >= 0.6 is 0 Å². The van der Waals surface area contributed by atoms with E-state index in [0.717, 1.165) is 16.7 Å². The summed E-state index contributed by atoms with van der Waals surface area (Å²) in [6, 6.07) is 20.0. The monoisotopic (exact) mass is 532 g/mol. The maximum absolute atomic E-state index is 13.1. The Kier molecular flexibility index (Phi) is 8.87. The van der Waals surface area contributed by atoms with E-state index in [1.165, 1.54) is 24.3 Å². The molecule has 3 aromatic rings. The lowest BCUT2D eigenvalue weighted by Crippen LogP contribution is -2.46. The van der Waals surface area contributed by atoms with Crippen LogP contribution < -0.4 is 27.1 Å². The van der Waals surface area contributed by atoms with Gasteiger partial charge in [0.2, 0.25) is 5.91 Å². The van der Waals surface area contributed by atoms with Gasteiger partial charge < -0.3 is 16.1 Å². The van der Waals surface area contributed by atoms with Crippen LogP contribution in [0, 0.1) is 5.82 Å². The molecule has 6 N–H and O–H groups in total. The third kappa shape index (κ3) is 7.18. The van der Waals surface area contributed by atoms with Gasteiger partial charge in [0.15, 0.2) is 0 Å². The van der Waals surface area contributed by atoms with Crippen molar-refractivity contribution in [1.29, 1.82) is 0 Å². The molecule has 3 aromatic carbocycles. The Labute approximate surface area is 224 Å². The highest BCUT2D eigenvalue weighted by Crippen LogP contribution is 2.23. The third-order valence-corrected chi connectivity index (χ3v) is 6.24. The molecule has 10 nitrogen and oxygen atoms in total. The fourth-order valence-electron chi connectivity index (χ4n) is 4.15. The molecule has 0 fully saturated rings. The molecule has 11 heteroatoms. The van der Waals surface area contributed by atoms with Crippen molar-refractivity contribution >= 4 is 17.7 Å². The van der Waals surface area contributed by atoms with Gasteiger partial charge in [-0.2, -0.15) is 0 Å². The lowest BCUT2D eigenvalue weighted by molar-refractivity contribution is -0.130. The van der Waals surface area contributed by atoms with Crippen molar-refractivity contribution in [2.75, 3.05) is 13.6 Å². The van der Waals surface area contributed by atoms with E-state index >= 15 is 0 Å². The molecule has 0 radical (unpaired) electrons. The highest BCUT2D eigenvalue weighted by Gasteiger charge is 2.24. The van der Waals surface area contributed by atoms with Crippen LogP contribution in [-0.2, 0) is 11.2 Å². The Bertz CT molecular complexity index is 1360. The number of benzene rings is 3. The summed E-state index contributed by atoms with van der Waals surface area (Å²) in [4.78, 5) is 36.3. The van der Waals surface area contributed by atoms with Crippen LogP contribution in [0.5, 0.6) is 0 Å². The molecule has 39 heavy (non-hydrogen) atoms. The quantitative estimate of drug-likeness (QED) is 0.174. The molecule has 202 valence electrons. The Hall–Kier alpha value is -4.74. The number of nitrogens with one attached hydrogen (secondary N) is 5. The average Bonchev–Trinajstić information content (AvgIpc) is 3.45. The minimum absolute atomic E-state index is 0.00712. The fourth-order valence-corrected chi connectivity index (χ4v) is 4.15. The summed E-state index contributed by atoms with van der Waals surface area (Å²) in [7, 11) is 1.59. The standard InChI is InChI=1S/C28H29FN6O4/c1-30-27(37)22-4-2-3-21(14-22)19-7-5-18(6-8-19)13-25(15-26(36)33-39)35-17-24(32-34-35)16-31-28(38)20-9-11-23(29)12-10-20/h2-12,14,17,25,32,34,39H,13,15-16H2,1H3,(H,30,37)(H,31,38)(H,33,36)/t25-/m1/s1. The zero-order valence-corrected chi connectivity index (χ0v) is 21.2. The number of rotatable bonds is 10. The third-order valence-electron chi connectivity index (χ3n) is 6.24. The SMILES string of the molecule is CNC(=O)c1cccc(-c2ccc(C[C@H](CC(=O)NO)N3C=C(CNC(=O)c4ccc(F)cc4)NN3)cc2)c1. The molecule has 1 aliphatic rings. The summed E-state index contributed by atoms with van der Waals surface area (Å²) in [6.07, 6.45) is 2.19. The van der Waals surface area contributed by atoms with Gasteiger partial charge in [-0.3, -0.25) is 24.6 Å². The minimum atomic E-state index is -0.545. The molecule has 0 saturated heterocycles. The van der Waals surface area contributed by atoms with E-state index in [-0.39, 0.29) is 30.8 Å². The first kappa shape index (κ1) is 27.3. The summed E-state index contributed by atoms with van der Waals surface area (Å²) in [6.45, 7) is 0.169. The van der Waals surface area contributed by atoms with Crippen molar-refractivity contribution < 1.29 is 24.0 Å². The zero-order valence-electron chi connectivity index (χ0n) is 21.2. The summed E-state index contributed by atoms with van der Waals surface area (Å²) >= 11 is 0. The molecule has 1 aliphatic heterocycles. The number of amides is 3. The fraction of sp³-hybridized carbons (Fsp3) is 0.179. The van der Waals surface area contributed by atoms with Gasteiger partial charge in [-0.05, 0) is 59.5 Å². The first-order chi connectivity index (χ1) is 18.9. The molecule has 0 aromatic heterocycles. The second-order valence-electron chi connectivity index (χ2n) is 8.94. The predicted molar refractivity (Wildman–Crippen MR) is 142 cm³/mol. The number of carbonyl (C=O) groups is 3. The molecule has 0 saturated carbocycles. The molecule has 0 unspecified atom stereocenters. The Balaban J connectivity index is 1.42. The first-order valence-electron chi connectivity index (χ1n) is 12.2. The topological polar surface area (TPSA) is 135 Å². The van der Waals surface area contributed by atoms with Gasteiger partial charge in [0.05, 0.1) is 24.7 Å². The largest absolute Gasteiger partial charge is 0.355 e. The summed E-state index contributed by atoms with van der Waals surface area (Å²) in [5.74, 6) is -1.48. The van der Waals surface area contributed by atoms with Gasteiger partial charge in [0.1, 0.15) is 5.82 Å². The second kappa shape index (κ2) is 12.7. The Morgan fingerprint density at radius 2 is 1.69 bits per heavy atom. The molecule has 3 amide bonds. The van der Waals surface area contributed by atoms with Crippen LogP contribution in [0.1, 0.15) is 32.7 Å². The summed E-state index contributed by atoms with van der Waals surface area (Å²) in [5.41, 5.74) is 12.0. The second-order valence-corrected chi connectivity index (χ2v) is 8.94. The molecular weight excluding hydrogens is 503 g/mol. The lowest BCUT2D eigenvalue weighted by Gasteiger charge is -2.26. The number of halogens is 1. The number of hydrogen-bond acceptors (Lipinski definition) is 7. The van der Waals surface area contributed by atoms with Crippen LogP contribution in [0.2, 0.25) is 0 Å².